The molecule has 0 heterocycles. The van der Waals surface area contributed by atoms with Crippen molar-refractivity contribution in [1.29, 1.82) is 0 Å². The molecule has 1 amide bonds. The van der Waals surface area contributed by atoms with Crippen molar-refractivity contribution in [1.82, 2.24) is 10.0 Å². The monoisotopic (exact) mass is 394 g/mol. The predicted molar refractivity (Wildman–Crippen MR) is 100 cm³/mol. The van der Waals surface area contributed by atoms with Gasteiger partial charge in [0.2, 0.25) is 15.9 Å². The summed E-state index contributed by atoms with van der Waals surface area (Å²) in [6.45, 7) is 5.71. The molecular formula is C19H23FN2O4S. The number of benzene rings is 2. The Morgan fingerprint density at radius 2 is 1.85 bits per heavy atom. The van der Waals surface area contributed by atoms with Crippen molar-refractivity contribution in [2.45, 2.75) is 38.3 Å². The van der Waals surface area contributed by atoms with Gasteiger partial charge in [0.15, 0.2) is 0 Å². The summed E-state index contributed by atoms with van der Waals surface area (Å²) in [7, 11) is -3.86. The molecule has 2 aromatic carbocycles. The molecule has 0 spiro atoms. The molecule has 6 nitrogen and oxygen atoms in total. The lowest BCUT2D eigenvalue weighted by Crippen LogP contribution is -2.44. The van der Waals surface area contributed by atoms with Crippen molar-refractivity contribution in [3.63, 3.8) is 0 Å². The van der Waals surface area contributed by atoms with E-state index in [0.29, 0.717) is 23.5 Å². The Bertz CT molecular complexity index is 898. The normalized spacial score (nSPS) is 12.4. The molecule has 27 heavy (non-hydrogen) atoms. The van der Waals surface area contributed by atoms with Crippen molar-refractivity contribution in [2.24, 2.45) is 0 Å². The number of amides is 1. The van der Waals surface area contributed by atoms with Crippen LogP contribution in [0.25, 0.3) is 0 Å². The van der Waals surface area contributed by atoms with Crippen LogP contribution in [0.1, 0.15) is 25.0 Å². The number of sulfonamides is 1. The lowest BCUT2D eigenvalue weighted by atomic mass is 10.2. The molecule has 2 N–H and O–H groups in total. The summed E-state index contributed by atoms with van der Waals surface area (Å²) < 4.78 is 45.7. The summed E-state index contributed by atoms with van der Waals surface area (Å²) in [6.07, 6.45) is 0. The number of nitrogens with one attached hydrogen (secondary N) is 2. The average molecular weight is 394 g/mol. The standard InChI is InChI=1S/C19H23FN2O4S/c1-4-26-18-10-9-17(11-13(18)2)27(24,25)22-14(3)19(23)21-12-15-5-7-16(20)8-6-15/h5-11,14,22H,4,12H2,1-3H3,(H,21,23)/t14-/m0/s1. The third-order valence-corrected chi connectivity index (χ3v) is 5.40. The summed E-state index contributed by atoms with van der Waals surface area (Å²) >= 11 is 0. The fourth-order valence-electron chi connectivity index (χ4n) is 2.41. The number of carbonyl (C=O) groups excluding carboxylic acids is 1. The third-order valence-electron chi connectivity index (χ3n) is 3.86. The quantitative estimate of drug-likeness (QED) is 0.721. The smallest absolute Gasteiger partial charge is 0.241 e. The van der Waals surface area contributed by atoms with Gasteiger partial charge in [0.05, 0.1) is 17.5 Å². The number of ether oxygens (including phenoxy) is 1. The van der Waals surface area contributed by atoms with E-state index in [1.54, 1.807) is 25.1 Å². The van der Waals surface area contributed by atoms with Crippen LogP contribution in [-0.4, -0.2) is 27.0 Å². The second-order valence-electron chi connectivity index (χ2n) is 6.05. The Morgan fingerprint density at radius 1 is 1.19 bits per heavy atom. The number of hydrogen-bond acceptors (Lipinski definition) is 4. The molecule has 0 bridgehead atoms. The molecular weight excluding hydrogens is 371 g/mol. The van der Waals surface area contributed by atoms with Gasteiger partial charge in [-0.05, 0) is 62.2 Å². The molecule has 0 aromatic heterocycles. The van der Waals surface area contributed by atoms with Gasteiger partial charge >= 0.3 is 0 Å². The lowest BCUT2D eigenvalue weighted by Gasteiger charge is -2.15. The first kappa shape index (κ1) is 20.9. The Balaban J connectivity index is 2.00. The van der Waals surface area contributed by atoms with Gasteiger partial charge in [-0.3, -0.25) is 4.79 Å². The lowest BCUT2D eigenvalue weighted by molar-refractivity contribution is -0.122. The maximum absolute atomic E-state index is 12.9. The van der Waals surface area contributed by atoms with Crippen LogP contribution in [0.5, 0.6) is 5.75 Å². The van der Waals surface area contributed by atoms with E-state index in [2.05, 4.69) is 10.0 Å². The molecule has 0 unspecified atom stereocenters. The van der Waals surface area contributed by atoms with Crippen molar-refractivity contribution in [2.75, 3.05) is 6.61 Å². The van der Waals surface area contributed by atoms with Crippen molar-refractivity contribution in [3.8, 4) is 5.75 Å². The maximum atomic E-state index is 12.9. The minimum absolute atomic E-state index is 0.0571. The van der Waals surface area contributed by atoms with Crippen molar-refractivity contribution in [3.05, 3.63) is 59.4 Å². The van der Waals surface area contributed by atoms with E-state index in [1.165, 1.54) is 31.2 Å². The number of hydrogen-bond donors (Lipinski definition) is 2. The zero-order chi connectivity index (χ0) is 20.0. The number of aryl methyl sites for hydroxylation is 1. The van der Waals surface area contributed by atoms with Gasteiger partial charge in [-0.25, -0.2) is 12.8 Å². The maximum Gasteiger partial charge on any atom is 0.241 e. The molecule has 0 saturated carbocycles. The summed E-state index contributed by atoms with van der Waals surface area (Å²) in [5.74, 6) is -0.232. The van der Waals surface area contributed by atoms with Crippen LogP contribution >= 0.6 is 0 Å². The van der Waals surface area contributed by atoms with Crippen molar-refractivity contribution >= 4 is 15.9 Å². The molecule has 2 aromatic rings. The summed E-state index contributed by atoms with van der Waals surface area (Å²) in [5, 5.41) is 2.62. The first-order chi connectivity index (χ1) is 12.7. The van der Waals surface area contributed by atoms with Gasteiger partial charge < -0.3 is 10.1 Å². The summed E-state index contributed by atoms with van der Waals surface area (Å²) in [4.78, 5) is 12.2. The highest BCUT2D eigenvalue weighted by molar-refractivity contribution is 7.89. The zero-order valence-electron chi connectivity index (χ0n) is 15.5. The molecule has 146 valence electrons. The summed E-state index contributed by atoms with van der Waals surface area (Å²) in [5.41, 5.74) is 1.40. The van der Waals surface area contributed by atoms with E-state index in [9.17, 15) is 17.6 Å². The zero-order valence-corrected chi connectivity index (χ0v) is 16.3. The topological polar surface area (TPSA) is 84.5 Å². The SMILES string of the molecule is CCOc1ccc(S(=O)(=O)N[C@@H](C)C(=O)NCc2ccc(F)cc2)cc1C. The highest BCUT2D eigenvalue weighted by atomic mass is 32.2. The number of carbonyl (C=O) groups is 1. The highest BCUT2D eigenvalue weighted by Crippen LogP contribution is 2.21. The molecule has 0 aliphatic rings. The Hall–Kier alpha value is -2.45. The van der Waals surface area contributed by atoms with Gasteiger partial charge in [-0.15, -0.1) is 0 Å². The van der Waals surface area contributed by atoms with E-state index in [0.717, 1.165) is 0 Å². The van der Waals surface area contributed by atoms with Gasteiger partial charge in [0, 0.05) is 6.54 Å². The van der Waals surface area contributed by atoms with E-state index >= 15 is 0 Å². The van der Waals surface area contributed by atoms with Crippen LogP contribution < -0.4 is 14.8 Å². The molecule has 8 heteroatoms. The second-order valence-corrected chi connectivity index (χ2v) is 7.76. The molecule has 0 saturated heterocycles. The summed E-state index contributed by atoms with van der Waals surface area (Å²) in [6, 6.07) is 9.23. The molecule has 0 fully saturated rings. The van der Waals surface area contributed by atoms with Crippen LogP contribution in [0.2, 0.25) is 0 Å². The molecule has 0 aliphatic carbocycles. The van der Waals surface area contributed by atoms with Gasteiger partial charge in [-0.1, -0.05) is 12.1 Å². The first-order valence-corrected chi connectivity index (χ1v) is 9.99. The van der Waals surface area contributed by atoms with Gasteiger partial charge in [-0.2, -0.15) is 4.72 Å². The third kappa shape index (κ3) is 5.77. The minimum atomic E-state index is -3.86. The van der Waals surface area contributed by atoms with E-state index in [-0.39, 0.29) is 17.3 Å². The predicted octanol–water partition coefficient (Wildman–Crippen LogP) is 2.52. The van der Waals surface area contributed by atoms with Crippen LogP contribution in [0.3, 0.4) is 0 Å². The van der Waals surface area contributed by atoms with Crippen LogP contribution in [0.4, 0.5) is 4.39 Å². The van der Waals surface area contributed by atoms with Gasteiger partial charge in [0.25, 0.3) is 0 Å². The highest BCUT2D eigenvalue weighted by Gasteiger charge is 2.22. The Morgan fingerprint density at radius 3 is 2.44 bits per heavy atom. The van der Waals surface area contributed by atoms with Crippen molar-refractivity contribution < 1.29 is 22.3 Å². The molecule has 0 aliphatic heterocycles. The Kier molecular flexibility index (Phi) is 6.92. The van der Waals surface area contributed by atoms with Crippen LogP contribution in [0, 0.1) is 12.7 Å². The van der Waals surface area contributed by atoms with Gasteiger partial charge in [0.1, 0.15) is 11.6 Å². The second kappa shape index (κ2) is 8.96. The van der Waals surface area contributed by atoms with E-state index in [1.807, 2.05) is 6.92 Å². The van der Waals surface area contributed by atoms with Crippen LogP contribution in [0.15, 0.2) is 47.4 Å². The fraction of sp³-hybridized carbons (Fsp3) is 0.316. The largest absolute Gasteiger partial charge is 0.494 e. The van der Waals surface area contributed by atoms with E-state index in [4.69, 9.17) is 4.74 Å². The minimum Gasteiger partial charge on any atom is -0.494 e. The number of halogens is 1. The average Bonchev–Trinajstić information content (AvgIpc) is 2.62. The molecule has 1 atom stereocenters. The van der Waals surface area contributed by atoms with E-state index < -0.39 is 22.0 Å². The molecule has 2 rings (SSSR count). The first-order valence-electron chi connectivity index (χ1n) is 8.51. The fourth-order valence-corrected chi connectivity index (χ4v) is 3.69. The number of rotatable bonds is 8. The molecule has 0 radical (unpaired) electrons. The Labute approximate surface area is 158 Å². The van der Waals surface area contributed by atoms with Crippen LogP contribution in [-0.2, 0) is 21.4 Å².